The predicted octanol–water partition coefficient (Wildman–Crippen LogP) is 8.22. The van der Waals surface area contributed by atoms with Gasteiger partial charge >= 0.3 is 6.36 Å². The van der Waals surface area contributed by atoms with Crippen molar-refractivity contribution < 1.29 is 22.3 Å². The fraction of sp³-hybridized carbons (Fsp3) is 0.667. The number of hydrogen-bond acceptors (Lipinski definition) is 1. The third kappa shape index (κ3) is 6.48. The Morgan fingerprint density at radius 1 is 0.966 bits per heavy atom. The van der Waals surface area contributed by atoms with Crippen LogP contribution in [0.15, 0.2) is 17.7 Å². The molecular weight excluding hydrogens is 380 g/mol. The van der Waals surface area contributed by atoms with E-state index in [0.29, 0.717) is 24.0 Å². The highest BCUT2D eigenvalue weighted by molar-refractivity contribution is 5.61. The van der Waals surface area contributed by atoms with Gasteiger partial charge in [-0.2, -0.15) is 0 Å². The Morgan fingerprint density at radius 2 is 1.66 bits per heavy atom. The van der Waals surface area contributed by atoms with Gasteiger partial charge in [0.1, 0.15) is 0 Å². The van der Waals surface area contributed by atoms with Gasteiger partial charge in [-0.05, 0) is 54.7 Å². The average Bonchev–Trinajstić information content (AvgIpc) is 2.69. The molecule has 0 unspecified atom stereocenters. The maximum Gasteiger partial charge on any atom is 0.573 e. The number of allylic oxidation sites excluding steroid dienone is 1. The molecule has 0 bridgehead atoms. The lowest BCUT2D eigenvalue weighted by atomic mass is 9.77. The first-order chi connectivity index (χ1) is 13.9. The number of fused-ring (bicyclic) bond motifs is 1. The van der Waals surface area contributed by atoms with Gasteiger partial charge in [-0.3, -0.25) is 0 Å². The summed E-state index contributed by atoms with van der Waals surface area (Å²) in [5.41, 5.74) is 2.31. The summed E-state index contributed by atoms with van der Waals surface area (Å²) < 4.78 is 55.4. The second kappa shape index (κ2) is 9.99. The van der Waals surface area contributed by atoms with Crippen LogP contribution in [0.3, 0.4) is 0 Å². The van der Waals surface area contributed by atoms with E-state index in [0.717, 1.165) is 24.3 Å². The van der Waals surface area contributed by atoms with Crippen LogP contribution in [0.1, 0.15) is 88.7 Å². The van der Waals surface area contributed by atoms with E-state index in [1.807, 2.05) is 6.08 Å². The summed E-state index contributed by atoms with van der Waals surface area (Å²) in [6.45, 7) is 2.25. The molecule has 0 spiro atoms. The van der Waals surface area contributed by atoms with E-state index in [2.05, 4.69) is 11.7 Å². The lowest BCUT2D eigenvalue weighted by Crippen LogP contribution is -2.19. The first kappa shape index (κ1) is 22.2. The number of rotatable bonds is 8. The van der Waals surface area contributed by atoms with Crippen molar-refractivity contribution in [1.29, 1.82) is 0 Å². The number of ether oxygens (including phenoxy) is 1. The van der Waals surface area contributed by atoms with Crippen LogP contribution in [-0.4, -0.2) is 6.36 Å². The molecule has 0 amide bonds. The molecule has 1 nitrogen and oxygen atoms in total. The van der Waals surface area contributed by atoms with Crippen LogP contribution in [0.2, 0.25) is 0 Å². The molecule has 5 heteroatoms. The monoisotopic (exact) mass is 412 g/mol. The van der Waals surface area contributed by atoms with Gasteiger partial charge in [0, 0.05) is 0 Å². The summed E-state index contributed by atoms with van der Waals surface area (Å²) in [5, 5.41) is 0. The molecule has 0 aliphatic heterocycles. The molecule has 0 saturated heterocycles. The minimum atomic E-state index is -4.88. The maximum atomic E-state index is 14.4. The fourth-order valence-electron chi connectivity index (χ4n) is 4.86. The van der Waals surface area contributed by atoms with E-state index >= 15 is 0 Å². The summed E-state index contributed by atoms with van der Waals surface area (Å²) >= 11 is 0. The largest absolute Gasteiger partial charge is 0.573 e. The van der Waals surface area contributed by atoms with Gasteiger partial charge in [-0.1, -0.05) is 76.0 Å². The molecule has 1 saturated carbocycles. The molecule has 0 aromatic heterocycles. The van der Waals surface area contributed by atoms with E-state index in [1.54, 1.807) is 6.07 Å². The van der Waals surface area contributed by atoms with Crippen molar-refractivity contribution in [3.63, 3.8) is 0 Å². The Morgan fingerprint density at radius 3 is 2.31 bits per heavy atom. The normalized spacial score (nSPS) is 22.2. The smallest absolute Gasteiger partial charge is 0.403 e. The van der Waals surface area contributed by atoms with Gasteiger partial charge in [0.2, 0.25) is 0 Å². The molecule has 0 atom stereocenters. The second-order valence-electron chi connectivity index (χ2n) is 8.72. The van der Waals surface area contributed by atoms with Crippen LogP contribution < -0.4 is 4.74 Å². The maximum absolute atomic E-state index is 14.4. The number of alkyl halides is 3. The molecule has 162 valence electrons. The number of hydrogen-bond donors (Lipinski definition) is 0. The third-order valence-electron chi connectivity index (χ3n) is 6.58. The Kier molecular flexibility index (Phi) is 7.64. The first-order valence-corrected chi connectivity index (χ1v) is 11.1. The van der Waals surface area contributed by atoms with Crippen molar-refractivity contribution in [2.45, 2.75) is 90.3 Å². The third-order valence-corrected chi connectivity index (χ3v) is 6.58. The summed E-state index contributed by atoms with van der Waals surface area (Å²) in [5.74, 6) is 0.0778. The zero-order chi connectivity index (χ0) is 20.9. The van der Waals surface area contributed by atoms with Gasteiger partial charge in [-0.15, -0.1) is 13.2 Å². The van der Waals surface area contributed by atoms with Gasteiger partial charge in [0.25, 0.3) is 0 Å². The topological polar surface area (TPSA) is 9.23 Å². The predicted molar refractivity (Wildman–Crippen MR) is 108 cm³/mol. The highest BCUT2D eigenvalue weighted by Gasteiger charge is 2.33. The molecule has 1 aromatic rings. The SMILES string of the molecule is CCCCCC1CCC(CCC2=Cc3ccc(OC(F)(F)F)c(F)c3CC2)CC1. The Labute approximate surface area is 171 Å². The lowest BCUT2D eigenvalue weighted by molar-refractivity contribution is -0.275. The Bertz CT molecular complexity index is 700. The molecule has 29 heavy (non-hydrogen) atoms. The Hall–Kier alpha value is -1.52. The second-order valence-corrected chi connectivity index (χ2v) is 8.72. The molecular formula is C24H32F4O. The molecule has 2 aliphatic carbocycles. The van der Waals surface area contributed by atoms with E-state index in [9.17, 15) is 17.6 Å². The highest BCUT2D eigenvalue weighted by atomic mass is 19.4. The molecule has 0 N–H and O–H groups in total. The highest BCUT2D eigenvalue weighted by Crippen LogP contribution is 2.38. The van der Waals surface area contributed by atoms with Crippen LogP contribution in [0, 0.1) is 17.7 Å². The van der Waals surface area contributed by atoms with E-state index in [4.69, 9.17) is 0 Å². The van der Waals surface area contributed by atoms with E-state index in [-0.39, 0.29) is 0 Å². The standard InChI is InChI=1S/C24H32F4O/c1-2-3-4-5-17-6-8-18(9-7-17)10-11-19-12-14-21-20(16-19)13-15-22(23(21)25)29-24(26,27)28/h13,15-18H,2-12,14H2,1H3. The molecule has 1 fully saturated rings. The molecule has 0 radical (unpaired) electrons. The van der Waals surface area contributed by atoms with Gasteiger partial charge < -0.3 is 4.74 Å². The number of benzene rings is 1. The van der Waals surface area contributed by atoms with Gasteiger partial charge in [-0.25, -0.2) is 4.39 Å². The van der Waals surface area contributed by atoms with E-state index in [1.165, 1.54) is 63.4 Å². The van der Waals surface area contributed by atoms with Crippen molar-refractivity contribution in [3.05, 3.63) is 34.6 Å². The summed E-state index contributed by atoms with van der Waals surface area (Å²) in [6.07, 6.45) is 11.1. The summed E-state index contributed by atoms with van der Waals surface area (Å²) in [4.78, 5) is 0. The molecule has 2 aliphatic rings. The van der Waals surface area contributed by atoms with Crippen LogP contribution in [0.5, 0.6) is 5.75 Å². The summed E-state index contributed by atoms with van der Waals surface area (Å²) in [6, 6.07) is 2.63. The van der Waals surface area contributed by atoms with Crippen LogP contribution in [0.4, 0.5) is 17.6 Å². The van der Waals surface area contributed by atoms with Crippen molar-refractivity contribution in [3.8, 4) is 5.75 Å². The lowest BCUT2D eigenvalue weighted by Gasteiger charge is -2.29. The molecule has 1 aromatic carbocycles. The number of unbranched alkanes of at least 4 members (excludes halogenated alkanes) is 2. The summed E-state index contributed by atoms with van der Waals surface area (Å²) in [7, 11) is 0. The quantitative estimate of drug-likeness (QED) is 0.309. The zero-order valence-corrected chi connectivity index (χ0v) is 17.3. The average molecular weight is 413 g/mol. The molecule has 0 heterocycles. The van der Waals surface area contributed by atoms with Crippen molar-refractivity contribution in [1.82, 2.24) is 0 Å². The zero-order valence-electron chi connectivity index (χ0n) is 17.3. The van der Waals surface area contributed by atoms with Crippen molar-refractivity contribution >= 4 is 6.08 Å². The fourth-order valence-corrected chi connectivity index (χ4v) is 4.86. The first-order valence-electron chi connectivity index (χ1n) is 11.1. The van der Waals surface area contributed by atoms with Crippen molar-refractivity contribution in [2.75, 3.05) is 0 Å². The van der Waals surface area contributed by atoms with Crippen LogP contribution >= 0.6 is 0 Å². The van der Waals surface area contributed by atoms with Gasteiger partial charge in [0.05, 0.1) is 0 Å². The van der Waals surface area contributed by atoms with Gasteiger partial charge in [0.15, 0.2) is 11.6 Å². The minimum absolute atomic E-state index is 0.336. The minimum Gasteiger partial charge on any atom is -0.403 e. The number of halogens is 4. The van der Waals surface area contributed by atoms with Crippen molar-refractivity contribution in [2.24, 2.45) is 11.8 Å². The van der Waals surface area contributed by atoms with E-state index < -0.39 is 17.9 Å². The Balaban J connectivity index is 1.50. The van der Waals surface area contributed by atoms with Crippen LogP contribution in [0.25, 0.3) is 6.08 Å². The molecule has 3 rings (SSSR count). The van der Waals surface area contributed by atoms with Crippen LogP contribution in [-0.2, 0) is 6.42 Å².